The Bertz CT molecular complexity index is 1020. The van der Waals surface area contributed by atoms with Crippen LogP contribution in [0.1, 0.15) is 39.7 Å². The normalized spacial score (nSPS) is 12.0. The molecular formula is C23H28N4O2. The molecule has 0 aliphatic rings. The van der Waals surface area contributed by atoms with Crippen molar-refractivity contribution in [2.75, 3.05) is 23.3 Å². The van der Waals surface area contributed by atoms with Crippen molar-refractivity contribution in [1.82, 2.24) is 9.55 Å². The van der Waals surface area contributed by atoms with Crippen LogP contribution in [-0.4, -0.2) is 28.5 Å². The van der Waals surface area contributed by atoms with Crippen molar-refractivity contribution in [2.24, 2.45) is 0 Å². The molecule has 152 valence electrons. The lowest BCUT2D eigenvalue weighted by Crippen LogP contribution is -2.38. The van der Waals surface area contributed by atoms with E-state index in [0.29, 0.717) is 22.5 Å². The Morgan fingerprint density at radius 1 is 1.03 bits per heavy atom. The van der Waals surface area contributed by atoms with Crippen LogP contribution in [0, 0.1) is 0 Å². The Balaban J connectivity index is 2.08. The van der Waals surface area contributed by atoms with Gasteiger partial charge in [-0.2, -0.15) is 0 Å². The molecule has 1 heterocycles. The fraction of sp³-hybridized carbons (Fsp3) is 0.348. The topological polar surface area (TPSA) is 67.2 Å². The van der Waals surface area contributed by atoms with Crippen LogP contribution in [0.4, 0.5) is 11.5 Å². The Kier molecular flexibility index (Phi) is 6.65. The minimum absolute atomic E-state index is 0.235. The van der Waals surface area contributed by atoms with Crippen LogP contribution < -0.4 is 15.8 Å². The lowest BCUT2D eigenvalue weighted by atomic mass is 10.2. The van der Waals surface area contributed by atoms with E-state index in [2.05, 4.69) is 24.1 Å². The highest BCUT2D eigenvalue weighted by Crippen LogP contribution is 2.20. The Morgan fingerprint density at radius 2 is 1.66 bits per heavy atom. The molecule has 0 aliphatic heterocycles. The molecule has 29 heavy (non-hydrogen) atoms. The third-order valence-electron chi connectivity index (χ3n) is 4.87. The maximum absolute atomic E-state index is 13.5. The van der Waals surface area contributed by atoms with Crippen molar-refractivity contribution in [3.63, 3.8) is 0 Å². The summed E-state index contributed by atoms with van der Waals surface area (Å²) in [6.07, 6.45) is 1.83. The number of carbonyl (C=O) groups excluding carboxylic acids is 1. The average Bonchev–Trinajstić information content (AvgIpc) is 2.73. The van der Waals surface area contributed by atoms with Gasteiger partial charge in [0.15, 0.2) is 5.82 Å². The molecule has 0 fully saturated rings. The van der Waals surface area contributed by atoms with Gasteiger partial charge < -0.3 is 10.2 Å². The lowest BCUT2D eigenvalue weighted by molar-refractivity contribution is -0.118. The second-order valence-corrected chi connectivity index (χ2v) is 7.12. The summed E-state index contributed by atoms with van der Waals surface area (Å²) in [5.74, 6) is 0.171. The molecule has 1 amide bonds. The zero-order chi connectivity index (χ0) is 20.8. The highest BCUT2D eigenvalue weighted by molar-refractivity contribution is 5.94. The van der Waals surface area contributed by atoms with Crippen molar-refractivity contribution >= 4 is 28.4 Å². The molecule has 6 heteroatoms. The Hall–Kier alpha value is -3.15. The number of para-hydroxylation sites is 3. The first-order valence-electron chi connectivity index (χ1n) is 10.2. The predicted molar refractivity (Wildman–Crippen MR) is 119 cm³/mol. The molecule has 1 atom stereocenters. The second kappa shape index (κ2) is 9.37. The Morgan fingerprint density at radius 3 is 2.31 bits per heavy atom. The zero-order valence-electron chi connectivity index (χ0n) is 17.3. The first kappa shape index (κ1) is 20.6. The molecule has 0 saturated carbocycles. The van der Waals surface area contributed by atoms with Crippen LogP contribution in [-0.2, 0) is 4.79 Å². The maximum atomic E-state index is 13.5. The molecule has 3 rings (SSSR count). The molecule has 1 N–H and O–H groups in total. The van der Waals surface area contributed by atoms with E-state index in [-0.39, 0.29) is 11.5 Å². The number of fused-ring (bicyclic) bond motifs is 1. The number of nitrogens with one attached hydrogen (secondary N) is 1. The van der Waals surface area contributed by atoms with Crippen molar-refractivity contribution in [3.05, 3.63) is 65.0 Å². The van der Waals surface area contributed by atoms with Gasteiger partial charge in [0, 0.05) is 18.8 Å². The molecule has 0 saturated heterocycles. The standard InChI is InChI=1S/C23H28N4O2/c1-4-15-26(16-5-2)21-23(29)27(20-14-10-9-13-19(20)25-21)17(3)22(28)24-18-11-7-6-8-12-18/h6-14,17H,4-5,15-16H2,1-3H3,(H,24,28)/t17-/m1/s1. The van der Waals surface area contributed by atoms with Gasteiger partial charge in [-0.1, -0.05) is 44.2 Å². The molecule has 0 unspecified atom stereocenters. The Labute approximate surface area is 171 Å². The molecule has 1 aromatic heterocycles. The number of anilines is 2. The lowest BCUT2D eigenvalue weighted by Gasteiger charge is -2.25. The number of nitrogens with zero attached hydrogens (tertiary/aromatic N) is 3. The fourth-order valence-electron chi connectivity index (χ4n) is 3.48. The highest BCUT2D eigenvalue weighted by Gasteiger charge is 2.23. The first-order chi connectivity index (χ1) is 14.1. The van der Waals surface area contributed by atoms with Crippen LogP contribution in [0.25, 0.3) is 11.0 Å². The summed E-state index contributed by atoms with van der Waals surface area (Å²) < 4.78 is 1.56. The molecular weight excluding hydrogens is 364 g/mol. The molecule has 6 nitrogen and oxygen atoms in total. The van der Waals surface area contributed by atoms with E-state index in [4.69, 9.17) is 0 Å². The van der Waals surface area contributed by atoms with Crippen molar-refractivity contribution in [3.8, 4) is 0 Å². The van der Waals surface area contributed by atoms with E-state index >= 15 is 0 Å². The number of amides is 1. The molecule has 2 aromatic carbocycles. The molecule has 3 aromatic rings. The van der Waals surface area contributed by atoms with Crippen LogP contribution >= 0.6 is 0 Å². The predicted octanol–water partition coefficient (Wildman–Crippen LogP) is 4.22. The summed E-state index contributed by atoms with van der Waals surface area (Å²) in [6, 6.07) is 16.1. The van der Waals surface area contributed by atoms with E-state index in [0.717, 1.165) is 25.9 Å². The highest BCUT2D eigenvalue weighted by atomic mass is 16.2. The molecule has 0 spiro atoms. The van der Waals surface area contributed by atoms with Gasteiger partial charge in [0.25, 0.3) is 5.56 Å². The minimum Gasteiger partial charge on any atom is -0.352 e. The van der Waals surface area contributed by atoms with E-state index in [9.17, 15) is 9.59 Å². The smallest absolute Gasteiger partial charge is 0.294 e. The molecule has 0 bridgehead atoms. The minimum atomic E-state index is -0.681. The second-order valence-electron chi connectivity index (χ2n) is 7.12. The number of hydrogen-bond donors (Lipinski definition) is 1. The van der Waals surface area contributed by atoms with Crippen LogP contribution in [0.2, 0.25) is 0 Å². The molecule has 0 aliphatic carbocycles. The SMILES string of the molecule is CCCN(CCC)c1nc2ccccc2n([C@H](C)C(=O)Nc2ccccc2)c1=O. The zero-order valence-corrected chi connectivity index (χ0v) is 17.3. The fourth-order valence-corrected chi connectivity index (χ4v) is 3.48. The van der Waals surface area contributed by atoms with Gasteiger partial charge in [0.1, 0.15) is 6.04 Å². The van der Waals surface area contributed by atoms with Gasteiger partial charge in [-0.15, -0.1) is 0 Å². The van der Waals surface area contributed by atoms with E-state index in [1.807, 2.05) is 59.5 Å². The van der Waals surface area contributed by atoms with Gasteiger partial charge in [0.2, 0.25) is 5.91 Å². The molecule has 0 radical (unpaired) electrons. The van der Waals surface area contributed by atoms with Crippen molar-refractivity contribution in [2.45, 2.75) is 39.7 Å². The van der Waals surface area contributed by atoms with Gasteiger partial charge in [-0.3, -0.25) is 14.2 Å². The van der Waals surface area contributed by atoms with Gasteiger partial charge in [-0.05, 0) is 44.0 Å². The number of benzene rings is 2. The largest absolute Gasteiger partial charge is 0.352 e. The van der Waals surface area contributed by atoms with Crippen LogP contribution in [0.3, 0.4) is 0 Å². The number of carbonyl (C=O) groups is 1. The number of hydrogen-bond acceptors (Lipinski definition) is 4. The summed E-state index contributed by atoms with van der Waals surface area (Å²) >= 11 is 0. The summed E-state index contributed by atoms with van der Waals surface area (Å²) in [6.45, 7) is 7.41. The summed E-state index contributed by atoms with van der Waals surface area (Å²) in [7, 11) is 0. The average molecular weight is 393 g/mol. The monoisotopic (exact) mass is 392 g/mol. The number of rotatable bonds is 8. The van der Waals surface area contributed by atoms with Gasteiger partial charge in [0.05, 0.1) is 11.0 Å². The third-order valence-corrected chi connectivity index (χ3v) is 4.87. The van der Waals surface area contributed by atoms with Crippen LogP contribution in [0.15, 0.2) is 59.4 Å². The van der Waals surface area contributed by atoms with Gasteiger partial charge in [-0.25, -0.2) is 4.98 Å². The van der Waals surface area contributed by atoms with Crippen LogP contribution in [0.5, 0.6) is 0 Å². The van der Waals surface area contributed by atoms with E-state index in [1.165, 1.54) is 0 Å². The van der Waals surface area contributed by atoms with E-state index < -0.39 is 6.04 Å². The summed E-state index contributed by atoms with van der Waals surface area (Å²) in [5, 5.41) is 2.90. The van der Waals surface area contributed by atoms with Crippen molar-refractivity contribution < 1.29 is 4.79 Å². The quantitative estimate of drug-likeness (QED) is 0.623. The van der Waals surface area contributed by atoms with Gasteiger partial charge >= 0.3 is 0 Å². The first-order valence-corrected chi connectivity index (χ1v) is 10.2. The van der Waals surface area contributed by atoms with Crippen molar-refractivity contribution in [1.29, 1.82) is 0 Å². The summed E-state index contributed by atoms with van der Waals surface area (Å²) in [5.41, 5.74) is 1.83. The third kappa shape index (κ3) is 4.47. The maximum Gasteiger partial charge on any atom is 0.294 e. The summed E-state index contributed by atoms with van der Waals surface area (Å²) in [4.78, 5) is 33.1. The van der Waals surface area contributed by atoms with E-state index in [1.54, 1.807) is 11.5 Å². The number of aromatic nitrogens is 2.